The smallest absolute Gasteiger partial charge is 0.303 e. The van der Waals surface area contributed by atoms with Crippen molar-refractivity contribution in [3.05, 3.63) is 12.2 Å². The first-order valence-electron chi connectivity index (χ1n) is 10.7. The van der Waals surface area contributed by atoms with E-state index in [4.69, 9.17) is 5.11 Å². The maximum atomic E-state index is 12.3. The zero-order chi connectivity index (χ0) is 19.8. The van der Waals surface area contributed by atoms with Crippen LogP contribution in [0.2, 0.25) is 0 Å². The maximum absolute atomic E-state index is 12.3. The van der Waals surface area contributed by atoms with Gasteiger partial charge in [0.2, 0.25) is 0 Å². The number of carboxylic acid groups (broad SMARTS) is 1. The number of unbranched alkanes of at least 4 members (excludes halogenated alkanes) is 3. The van der Waals surface area contributed by atoms with Gasteiger partial charge in [-0.2, -0.15) is 0 Å². The molecule has 6 atom stereocenters. The maximum Gasteiger partial charge on any atom is 0.303 e. The highest BCUT2D eigenvalue weighted by Gasteiger charge is 2.39. The Labute approximate surface area is 162 Å². The second-order valence-electron chi connectivity index (χ2n) is 8.49. The monoisotopic (exact) mass is 380 g/mol. The van der Waals surface area contributed by atoms with E-state index in [-0.39, 0.29) is 30.5 Å². The van der Waals surface area contributed by atoms with Crippen LogP contribution in [0.3, 0.4) is 0 Å². The number of ketones is 1. The van der Waals surface area contributed by atoms with Crippen molar-refractivity contribution in [3.8, 4) is 0 Å². The number of carbonyl (C=O) groups excluding carboxylic acids is 1. The molecule has 2 unspecified atom stereocenters. The largest absolute Gasteiger partial charge is 0.481 e. The Kier molecular flexibility index (Phi) is 8.97. The lowest BCUT2D eigenvalue weighted by Crippen LogP contribution is -2.21. The highest BCUT2D eigenvalue weighted by atomic mass is 16.4. The summed E-state index contributed by atoms with van der Waals surface area (Å²) in [6, 6.07) is 0. The summed E-state index contributed by atoms with van der Waals surface area (Å²) in [6.07, 6.45) is 11.5. The van der Waals surface area contributed by atoms with Gasteiger partial charge < -0.3 is 15.3 Å². The summed E-state index contributed by atoms with van der Waals surface area (Å²) in [7, 11) is 0. The predicted molar refractivity (Wildman–Crippen MR) is 104 cm³/mol. The van der Waals surface area contributed by atoms with E-state index in [1.165, 1.54) is 6.42 Å². The molecule has 0 amide bonds. The third-order valence-electron chi connectivity index (χ3n) is 6.56. The quantitative estimate of drug-likeness (QED) is 0.375. The lowest BCUT2D eigenvalue weighted by Gasteiger charge is -2.19. The van der Waals surface area contributed by atoms with E-state index in [0.717, 1.165) is 44.9 Å². The zero-order valence-corrected chi connectivity index (χ0v) is 16.6. The molecule has 0 bridgehead atoms. The van der Waals surface area contributed by atoms with E-state index in [1.807, 2.05) is 12.2 Å². The van der Waals surface area contributed by atoms with Gasteiger partial charge in [0.25, 0.3) is 0 Å². The topological polar surface area (TPSA) is 94.8 Å². The van der Waals surface area contributed by atoms with Gasteiger partial charge in [-0.25, -0.2) is 0 Å². The number of aliphatic hydroxyl groups is 2. The lowest BCUT2D eigenvalue weighted by atomic mass is 9.87. The van der Waals surface area contributed by atoms with Crippen LogP contribution < -0.4 is 0 Å². The van der Waals surface area contributed by atoms with Gasteiger partial charge in [0.1, 0.15) is 5.78 Å². The first-order valence-corrected chi connectivity index (χ1v) is 10.7. The van der Waals surface area contributed by atoms with Crippen molar-refractivity contribution in [2.75, 3.05) is 0 Å². The summed E-state index contributed by atoms with van der Waals surface area (Å²) in [4.78, 5) is 22.8. The minimum absolute atomic E-state index is 0.115. The molecule has 5 heteroatoms. The highest BCUT2D eigenvalue weighted by molar-refractivity contribution is 5.84. The summed E-state index contributed by atoms with van der Waals surface area (Å²) in [5, 5.41) is 29.4. The van der Waals surface area contributed by atoms with Gasteiger partial charge in [-0.3, -0.25) is 9.59 Å². The lowest BCUT2D eigenvalue weighted by molar-refractivity contribution is -0.137. The molecule has 2 aliphatic rings. The van der Waals surface area contributed by atoms with Crippen LogP contribution in [0.4, 0.5) is 0 Å². The van der Waals surface area contributed by atoms with Crippen LogP contribution >= 0.6 is 0 Å². The molecule has 2 saturated carbocycles. The molecule has 0 spiro atoms. The molecule has 154 valence electrons. The van der Waals surface area contributed by atoms with E-state index in [9.17, 15) is 19.8 Å². The number of hydrogen-bond donors (Lipinski definition) is 3. The molecular weight excluding hydrogens is 344 g/mol. The van der Waals surface area contributed by atoms with Crippen molar-refractivity contribution in [1.82, 2.24) is 0 Å². The Bertz CT molecular complexity index is 515. The first kappa shape index (κ1) is 22.1. The number of rotatable bonds is 11. The molecule has 0 aromatic rings. The zero-order valence-electron chi connectivity index (χ0n) is 16.6. The molecule has 2 rings (SSSR count). The second-order valence-corrected chi connectivity index (χ2v) is 8.49. The first-order chi connectivity index (χ1) is 12.9. The van der Waals surface area contributed by atoms with E-state index >= 15 is 0 Å². The van der Waals surface area contributed by atoms with Crippen LogP contribution in [-0.4, -0.2) is 39.3 Å². The van der Waals surface area contributed by atoms with Crippen LogP contribution in [0.25, 0.3) is 0 Å². The summed E-state index contributed by atoms with van der Waals surface area (Å²) >= 11 is 0. The molecule has 0 heterocycles. The van der Waals surface area contributed by atoms with Gasteiger partial charge in [0.15, 0.2) is 0 Å². The fraction of sp³-hybridized carbons (Fsp3) is 0.818. The number of aliphatic carboxylic acids is 1. The minimum Gasteiger partial charge on any atom is -0.481 e. The SMILES string of the molecule is CCC1CCC([C@H](O)C=C[C@H]2[C@H](O)CC(=O)[C@@H]2CCCCCCC(=O)O)C1. The molecule has 0 aromatic heterocycles. The third kappa shape index (κ3) is 6.72. The fourth-order valence-corrected chi connectivity index (χ4v) is 4.78. The molecule has 0 radical (unpaired) electrons. The summed E-state index contributed by atoms with van der Waals surface area (Å²) < 4.78 is 0. The van der Waals surface area contributed by atoms with E-state index in [1.54, 1.807) is 0 Å². The molecule has 3 N–H and O–H groups in total. The number of carboxylic acids is 1. The van der Waals surface area contributed by atoms with Gasteiger partial charge in [-0.15, -0.1) is 0 Å². The van der Waals surface area contributed by atoms with Crippen molar-refractivity contribution in [1.29, 1.82) is 0 Å². The van der Waals surface area contributed by atoms with Crippen LogP contribution in [0.1, 0.15) is 77.6 Å². The van der Waals surface area contributed by atoms with Crippen molar-refractivity contribution >= 4 is 11.8 Å². The molecule has 5 nitrogen and oxygen atoms in total. The van der Waals surface area contributed by atoms with Crippen molar-refractivity contribution in [2.45, 2.75) is 89.8 Å². The minimum atomic E-state index is -0.764. The van der Waals surface area contributed by atoms with Crippen LogP contribution in [0.15, 0.2) is 12.2 Å². The Morgan fingerprint density at radius 1 is 1.22 bits per heavy atom. The van der Waals surface area contributed by atoms with E-state index in [2.05, 4.69) is 6.92 Å². The van der Waals surface area contributed by atoms with Crippen LogP contribution in [-0.2, 0) is 9.59 Å². The van der Waals surface area contributed by atoms with Crippen LogP contribution in [0, 0.1) is 23.7 Å². The summed E-state index contributed by atoms with van der Waals surface area (Å²) in [5.74, 6) is -0.00685. The second kappa shape index (κ2) is 11.0. The Hall–Kier alpha value is -1.20. The number of aliphatic hydroxyl groups excluding tert-OH is 2. The standard InChI is InChI=1S/C22H36O5/c1-2-15-9-10-16(13-15)19(23)12-11-18-17(20(24)14-21(18)25)7-5-3-4-6-8-22(26)27/h11-12,15-19,21,23,25H,2-10,13-14H2,1H3,(H,26,27)/t15?,16?,17-,18-,19-,21-/m1/s1. The van der Waals surface area contributed by atoms with Gasteiger partial charge in [0.05, 0.1) is 12.2 Å². The highest BCUT2D eigenvalue weighted by Crippen LogP contribution is 2.37. The van der Waals surface area contributed by atoms with Gasteiger partial charge in [-0.1, -0.05) is 51.2 Å². The number of carbonyl (C=O) groups is 2. The molecule has 2 aliphatic carbocycles. The Balaban J connectivity index is 1.80. The van der Waals surface area contributed by atoms with Gasteiger partial charge in [0, 0.05) is 24.7 Å². The summed E-state index contributed by atoms with van der Waals surface area (Å²) in [6.45, 7) is 2.20. The predicted octanol–water partition coefficient (Wildman–Crippen LogP) is 3.72. The van der Waals surface area contributed by atoms with E-state index in [0.29, 0.717) is 18.3 Å². The molecule has 0 aliphatic heterocycles. The van der Waals surface area contributed by atoms with Gasteiger partial charge in [-0.05, 0) is 37.5 Å². The fourth-order valence-electron chi connectivity index (χ4n) is 4.78. The Morgan fingerprint density at radius 3 is 2.63 bits per heavy atom. The van der Waals surface area contributed by atoms with Crippen molar-refractivity contribution in [2.24, 2.45) is 23.7 Å². The van der Waals surface area contributed by atoms with Crippen molar-refractivity contribution < 1.29 is 24.9 Å². The number of Topliss-reactive ketones (excluding diaryl/α,β-unsaturated/α-hetero) is 1. The normalized spacial score (nSPS) is 32.4. The van der Waals surface area contributed by atoms with E-state index < -0.39 is 18.2 Å². The molecule has 0 saturated heterocycles. The van der Waals surface area contributed by atoms with Crippen LogP contribution in [0.5, 0.6) is 0 Å². The average molecular weight is 381 g/mol. The average Bonchev–Trinajstić information content (AvgIpc) is 3.20. The molecule has 2 fully saturated rings. The molecule has 27 heavy (non-hydrogen) atoms. The van der Waals surface area contributed by atoms with Gasteiger partial charge >= 0.3 is 5.97 Å². The number of hydrogen-bond acceptors (Lipinski definition) is 4. The molecule has 0 aromatic carbocycles. The molecular formula is C22H36O5. The summed E-state index contributed by atoms with van der Waals surface area (Å²) in [5.41, 5.74) is 0. The van der Waals surface area contributed by atoms with Crippen molar-refractivity contribution in [3.63, 3.8) is 0 Å². The third-order valence-corrected chi connectivity index (χ3v) is 6.56. The Morgan fingerprint density at radius 2 is 1.96 bits per heavy atom.